The lowest BCUT2D eigenvalue weighted by Crippen LogP contribution is -2.49. The highest BCUT2D eigenvalue weighted by Crippen LogP contribution is 2.31. The molecular formula is C14H19N3O2. The van der Waals surface area contributed by atoms with Gasteiger partial charge in [-0.1, -0.05) is 32.0 Å². The van der Waals surface area contributed by atoms with Crippen LogP contribution < -0.4 is 16.4 Å². The van der Waals surface area contributed by atoms with E-state index in [1.807, 2.05) is 38.1 Å². The van der Waals surface area contributed by atoms with Gasteiger partial charge < -0.3 is 16.4 Å². The van der Waals surface area contributed by atoms with Crippen molar-refractivity contribution in [3.05, 3.63) is 29.8 Å². The third-order valence-corrected chi connectivity index (χ3v) is 3.42. The first-order valence-electron chi connectivity index (χ1n) is 6.43. The number of primary amides is 1. The summed E-state index contributed by atoms with van der Waals surface area (Å²) in [6.07, 6.45) is 0. The molecule has 5 nitrogen and oxygen atoms in total. The summed E-state index contributed by atoms with van der Waals surface area (Å²) < 4.78 is 0. The summed E-state index contributed by atoms with van der Waals surface area (Å²) in [5.41, 5.74) is 7.25. The summed E-state index contributed by atoms with van der Waals surface area (Å²) >= 11 is 0. The lowest BCUT2D eigenvalue weighted by Gasteiger charge is -2.21. The monoisotopic (exact) mass is 261 g/mol. The number of anilines is 1. The van der Waals surface area contributed by atoms with Crippen molar-refractivity contribution in [1.82, 2.24) is 5.32 Å². The van der Waals surface area contributed by atoms with Crippen LogP contribution in [-0.4, -0.2) is 24.4 Å². The average Bonchev–Trinajstić information content (AvgIpc) is 2.78. The van der Waals surface area contributed by atoms with Gasteiger partial charge in [-0.2, -0.15) is 0 Å². The van der Waals surface area contributed by atoms with Crippen molar-refractivity contribution < 1.29 is 9.59 Å². The summed E-state index contributed by atoms with van der Waals surface area (Å²) in [5.74, 6) is -0.944. The first kappa shape index (κ1) is 13.4. The summed E-state index contributed by atoms with van der Waals surface area (Å²) in [6, 6.07) is 7.07. The van der Waals surface area contributed by atoms with Crippen molar-refractivity contribution in [1.29, 1.82) is 0 Å². The molecule has 2 amide bonds. The second-order valence-corrected chi connectivity index (χ2v) is 5.15. The molecule has 0 saturated carbocycles. The smallest absolute Gasteiger partial charge is 0.240 e. The third-order valence-electron chi connectivity index (χ3n) is 3.42. The Morgan fingerprint density at radius 3 is 2.68 bits per heavy atom. The molecule has 2 atom stereocenters. The van der Waals surface area contributed by atoms with Gasteiger partial charge in [0.15, 0.2) is 0 Å². The summed E-state index contributed by atoms with van der Waals surface area (Å²) in [5, 5.41) is 5.93. The number of amides is 2. The molecule has 2 unspecified atom stereocenters. The maximum Gasteiger partial charge on any atom is 0.240 e. The predicted octanol–water partition coefficient (Wildman–Crippen LogP) is 0.822. The van der Waals surface area contributed by atoms with Crippen LogP contribution in [0.5, 0.6) is 0 Å². The van der Waals surface area contributed by atoms with E-state index in [0.29, 0.717) is 6.54 Å². The predicted molar refractivity (Wildman–Crippen MR) is 73.6 cm³/mol. The van der Waals surface area contributed by atoms with Crippen LogP contribution in [0.25, 0.3) is 0 Å². The van der Waals surface area contributed by atoms with Gasteiger partial charge in [0.1, 0.15) is 6.04 Å². The van der Waals surface area contributed by atoms with Crippen LogP contribution in [0.3, 0.4) is 0 Å². The van der Waals surface area contributed by atoms with E-state index >= 15 is 0 Å². The van der Waals surface area contributed by atoms with Crippen LogP contribution in [0.4, 0.5) is 5.69 Å². The minimum Gasteiger partial charge on any atom is -0.384 e. The molecule has 0 aromatic heterocycles. The van der Waals surface area contributed by atoms with Crippen molar-refractivity contribution >= 4 is 17.5 Å². The van der Waals surface area contributed by atoms with Gasteiger partial charge in [0.25, 0.3) is 0 Å². The molecule has 5 heteroatoms. The average molecular weight is 261 g/mol. The minimum atomic E-state index is -0.625. The number of carbonyl (C=O) groups excluding carboxylic acids is 2. The van der Waals surface area contributed by atoms with Gasteiger partial charge in [-0.05, 0) is 17.5 Å². The molecule has 2 rings (SSSR count). The fraction of sp³-hybridized carbons (Fsp3) is 0.429. The van der Waals surface area contributed by atoms with Gasteiger partial charge in [-0.3, -0.25) is 9.59 Å². The zero-order valence-electron chi connectivity index (χ0n) is 11.1. The highest BCUT2D eigenvalue weighted by atomic mass is 16.2. The Labute approximate surface area is 112 Å². The number of benzene rings is 1. The molecule has 0 bridgehead atoms. The Hall–Kier alpha value is -2.04. The lowest BCUT2D eigenvalue weighted by atomic mass is 9.98. The maximum absolute atomic E-state index is 12.3. The van der Waals surface area contributed by atoms with E-state index in [4.69, 9.17) is 5.73 Å². The van der Waals surface area contributed by atoms with Gasteiger partial charge in [-0.25, -0.2) is 0 Å². The fourth-order valence-corrected chi connectivity index (χ4v) is 2.34. The van der Waals surface area contributed by atoms with Crippen molar-refractivity contribution in [2.45, 2.75) is 25.8 Å². The molecule has 0 fully saturated rings. The minimum absolute atomic E-state index is 0.0222. The molecule has 0 saturated heterocycles. The van der Waals surface area contributed by atoms with Crippen molar-refractivity contribution in [3.8, 4) is 0 Å². The number of carbonyl (C=O) groups is 2. The van der Waals surface area contributed by atoms with Crippen LogP contribution in [-0.2, 0) is 9.59 Å². The number of rotatable bonds is 4. The van der Waals surface area contributed by atoms with E-state index in [2.05, 4.69) is 10.6 Å². The molecule has 102 valence electrons. The first-order valence-corrected chi connectivity index (χ1v) is 6.43. The highest BCUT2D eigenvalue weighted by molar-refractivity contribution is 5.92. The van der Waals surface area contributed by atoms with E-state index < -0.39 is 11.9 Å². The Kier molecular flexibility index (Phi) is 3.74. The number of para-hydroxylation sites is 1. The van der Waals surface area contributed by atoms with E-state index in [1.165, 1.54) is 0 Å². The number of nitrogens with one attached hydrogen (secondary N) is 2. The van der Waals surface area contributed by atoms with Crippen molar-refractivity contribution in [2.24, 2.45) is 11.7 Å². The van der Waals surface area contributed by atoms with E-state index in [-0.39, 0.29) is 17.7 Å². The van der Waals surface area contributed by atoms with Gasteiger partial charge in [0.2, 0.25) is 11.8 Å². The number of nitrogens with two attached hydrogens (primary N) is 1. The second kappa shape index (κ2) is 5.30. The largest absolute Gasteiger partial charge is 0.384 e. The van der Waals surface area contributed by atoms with Crippen LogP contribution >= 0.6 is 0 Å². The van der Waals surface area contributed by atoms with Crippen molar-refractivity contribution in [2.75, 3.05) is 11.9 Å². The van der Waals surface area contributed by atoms with Gasteiger partial charge in [-0.15, -0.1) is 0 Å². The van der Waals surface area contributed by atoms with Gasteiger partial charge in [0.05, 0.1) is 5.92 Å². The van der Waals surface area contributed by atoms with E-state index in [1.54, 1.807) is 0 Å². The summed E-state index contributed by atoms with van der Waals surface area (Å²) in [7, 11) is 0. The maximum atomic E-state index is 12.3. The second-order valence-electron chi connectivity index (χ2n) is 5.15. The molecule has 0 spiro atoms. The van der Waals surface area contributed by atoms with E-state index in [9.17, 15) is 9.59 Å². The molecule has 1 aliphatic heterocycles. The van der Waals surface area contributed by atoms with Crippen LogP contribution in [0, 0.1) is 5.92 Å². The topological polar surface area (TPSA) is 84.2 Å². The SMILES string of the molecule is CC(C)C(NC(=O)C1CNc2ccccc21)C(N)=O. The van der Waals surface area contributed by atoms with Crippen LogP contribution in [0.15, 0.2) is 24.3 Å². The molecule has 0 aliphatic carbocycles. The normalized spacial score (nSPS) is 18.6. The standard InChI is InChI=1S/C14H19N3O2/c1-8(2)12(13(15)18)17-14(19)10-7-16-11-6-4-3-5-9(10)11/h3-6,8,10,12,16H,7H2,1-2H3,(H2,15,18)(H,17,19). The van der Waals surface area contributed by atoms with Crippen molar-refractivity contribution in [3.63, 3.8) is 0 Å². The first-order chi connectivity index (χ1) is 9.00. The highest BCUT2D eigenvalue weighted by Gasteiger charge is 2.31. The Bertz CT molecular complexity index is 499. The summed E-state index contributed by atoms with van der Waals surface area (Å²) in [4.78, 5) is 23.6. The fourth-order valence-electron chi connectivity index (χ4n) is 2.34. The molecule has 1 aromatic rings. The zero-order chi connectivity index (χ0) is 14.0. The third kappa shape index (κ3) is 2.70. The Morgan fingerprint density at radius 2 is 2.05 bits per heavy atom. The van der Waals surface area contributed by atoms with Crippen LogP contribution in [0.2, 0.25) is 0 Å². The molecule has 1 heterocycles. The van der Waals surface area contributed by atoms with Gasteiger partial charge in [0, 0.05) is 12.2 Å². The molecule has 1 aliphatic rings. The molecule has 4 N–H and O–H groups in total. The molecule has 1 aromatic carbocycles. The Balaban J connectivity index is 2.12. The molecule has 19 heavy (non-hydrogen) atoms. The van der Waals surface area contributed by atoms with E-state index in [0.717, 1.165) is 11.3 Å². The zero-order valence-corrected chi connectivity index (χ0v) is 11.1. The number of hydrogen-bond donors (Lipinski definition) is 3. The lowest BCUT2D eigenvalue weighted by molar-refractivity contribution is -0.128. The molecule has 0 radical (unpaired) electrons. The molecular weight excluding hydrogens is 242 g/mol. The van der Waals surface area contributed by atoms with Crippen LogP contribution in [0.1, 0.15) is 25.3 Å². The Morgan fingerprint density at radius 1 is 1.37 bits per heavy atom. The number of hydrogen-bond acceptors (Lipinski definition) is 3. The quantitative estimate of drug-likeness (QED) is 0.750. The summed E-state index contributed by atoms with van der Waals surface area (Å²) in [6.45, 7) is 4.27. The van der Waals surface area contributed by atoms with Gasteiger partial charge >= 0.3 is 0 Å². The number of fused-ring (bicyclic) bond motifs is 1.